The molecule has 0 spiro atoms. The number of piperidine rings is 1. The van der Waals surface area contributed by atoms with Crippen molar-refractivity contribution in [3.05, 3.63) is 45.2 Å². The molecule has 2 aromatic rings. The zero-order valence-electron chi connectivity index (χ0n) is 18.9. The number of rotatable bonds is 6. The number of pyridine rings is 1. The van der Waals surface area contributed by atoms with Gasteiger partial charge in [0.15, 0.2) is 0 Å². The molecule has 1 amide bonds. The third-order valence-electron chi connectivity index (χ3n) is 6.05. The number of thioether (sulfide) groups is 1. The fraction of sp³-hybridized carbons (Fsp3) is 0.500. The van der Waals surface area contributed by atoms with E-state index in [4.69, 9.17) is 17.2 Å². The Labute approximate surface area is 198 Å². The zero-order chi connectivity index (χ0) is 22.8. The quantitative estimate of drug-likeness (QED) is 0.350. The first-order valence-corrected chi connectivity index (χ1v) is 12.6. The Balaban J connectivity index is 1.77. The molecule has 2 aromatic heterocycles. The average molecular weight is 471 g/mol. The lowest BCUT2D eigenvalue weighted by atomic mass is 9.91. The maximum absolute atomic E-state index is 13.5. The first-order chi connectivity index (χ1) is 15.4. The standard InChI is InChI=1S/C24H30N4O2S2/c1-4-5-7-11-28-23(30)19(32-24(28)31)13-18-21(26-14-16(2)12-17(3)15-26)25-20-9-6-8-10-27(20)22(18)29/h6,8-10,13,16-17H,4-5,7,11-12,14-15H2,1-3H3/b19-13-/t16-,17-/m0/s1. The minimum atomic E-state index is -0.160. The third-order valence-corrected chi connectivity index (χ3v) is 7.43. The van der Waals surface area contributed by atoms with Gasteiger partial charge in [0.25, 0.3) is 11.5 Å². The molecule has 0 bridgehead atoms. The van der Waals surface area contributed by atoms with Crippen LogP contribution in [0.2, 0.25) is 0 Å². The summed E-state index contributed by atoms with van der Waals surface area (Å²) in [5, 5.41) is 0. The van der Waals surface area contributed by atoms with Crippen LogP contribution in [0.1, 0.15) is 52.0 Å². The SMILES string of the molecule is CCCCCN1C(=O)/C(=C/c2c(N3C[C@@H](C)C[C@H](C)C3)nc3ccccn3c2=O)SC1=S. The summed E-state index contributed by atoms with van der Waals surface area (Å²) in [7, 11) is 0. The first-order valence-electron chi connectivity index (χ1n) is 11.4. The van der Waals surface area contributed by atoms with Gasteiger partial charge < -0.3 is 4.90 Å². The number of thiocarbonyl (C=S) groups is 1. The molecule has 2 aliphatic heterocycles. The summed E-state index contributed by atoms with van der Waals surface area (Å²) in [5.74, 6) is 1.58. The van der Waals surface area contributed by atoms with Crippen molar-refractivity contribution in [2.75, 3.05) is 24.5 Å². The average Bonchev–Trinajstić information content (AvgIpc) is 3.02. The van der Waals surface area contributed by atoms with E-state index in [2.05, 4.69) is 25.7 Å². The van der Waals surface area contributed by atoms with Gasteiger partial charge in [-0.15, -0.1) is 0 Å². The maximum Gasteiger partial charge on any atom is 0.267 e. The lowest BCUT2D eigenvalue weighted by Gasteiger charge is -2.36. The number of carbonyl (C=O) groups is 1. The van der Waals surface area contributed by atoms with Gasteiger partial charge in [-0.3, -0.25) is 18.9 Å². The minimum Gasteiger partial charge on any atom is -0.355 e. The third kappa shape index (κ3) is 4.62. The van der Waals surface area contributed by atoms with Gasteiger partial charge in [-0.05, 0) is 42.9 Å². The molecule has 0 N–H and O–H groups in total. The molecule has 2 fully saturated rings. The van der Waals surface area contributed by atoms with Crippen LogP contribution >= 0.6 is 24.0 Å². The van der Waals surface area contributed by atoms with Crippen molar-refractivity contribution in [1.82, 2.24) is 14.3 Å². The van der Waals surface area contributed by atoms with Crippen LogP contribution in [-0.4, -0.2) is 44.1 Å². The highest BCUT2D eigenvalue weighted by atomic mass is 32.2. The van der Waals surface area contributed by atoms with Crippen molar-refractivity contribution in [2.24, 2.45) is 11.8 Å². The van der Waals surface area contributed by atoms with E-state index in [1.54, 1.807) is 21.6 Å². The summed E-state index contributed by atoms with van der Waals surface area (Å²) < 4.78 is 2.11. The van der Waals surface area contributed by atoms with Crippen molar-refractivity contribution in [2.45, 2.75) is 46.5 Å². The van der Waals surface area contributed by atoms with Crippen molar-refractivity contribution >= 4 is 51.7 Å². The predicted octanol–water partition coefficient (Wildman–Crippen LogP) is 4.57. The van der Waals surface area contributed by atoms with Gasteiger partial charge in [-0.2, -0.15) is 0 Å². The Bertz CT molecular complexity index is 1120. The number of fused-ring (bicyclic) bond motifs is 1. The molecule has 0 saturated carbocycles. The Hall–Kier alpha value is -2.19. The van der Waals surface area contributed by atoms with E-state index in [1.165, 1.54) is 11.8 Å². The number of hydrogen-bond acceptors (Lipinski definition) is 6. The van der Waals surface area contributed by atoms with Gasteiger partial charge in [0.2, 0.25) is 0 Å². The zero-order valence-corrected chi connectivity index (χ0v) is 20.5. The molecule has 8 heteroatoms. The summed E-state index contributed by atoms with van der Waals surface area (Å²) in [4.78, 5) is 35.8. The smallest absolute Gasteiger partial charge is 0.267 e. The van der Waals surface area contributed by atoms with Crippen molar-refractivity contribution < 1.29 is 4.79 Å². The van der Waals surface area contributed by atoms with Crippen LogP contribution in [0.25, 0.3) is 11.7 Å². The van der Waals surface area contributed by atoms with Crippen molar-refractivity contribution in [1.29, 1.82) is 0 Å². The van der Waals surface area contributed by atoms with Crippen LogP contribution in [0.5, 0.6) is 0 Å². The fourth-order valence-electron chi connectivity index (χ4n) is 4.64. The molecule has 2 aliphatic rings. The molecule has 4 heterocycles. The minimum absolute atomic E-state index is 0.111. The second-order valence-electron chi connectivity index (χ2n) is 8.97. The molecule has 0 unspecified atom stereocenters. The fourth-order valence-corrected chi connectivity index (χ4v) is 5.93. The Morgan fingerprint density at radius 3 is 2.66 bits per heavy atom. The van der Waals surface area contributed by atoms with Gasteiger partial charge >= 0.3 is 0 Å². The van der Waals surface area contributed by atoms with Crippen LogP contribution in [-0.2, 0) is 4.79 Å². The number of amides is 1. The molecule has 170 valence electrons. The van der Waals surface area contributed by atoms with Crippen LogP contribution < -0.4 is 10.5 Å². The van der Waals surface area contributed by atoms with Gasteiger partial charge in [0, 0.05) is 25.8 Å². The molecular formula is C24H30N4O2S2. The van der Waals surface area contributed by atoms with E-state index in [-0.39, 0.29) is 11.5 Å². The highest BCUT2D eigenvalue weighted by Crippen LogP contribution is 2.34. The van der Waals surface area contributed by atoms with E-state index in [0.717, 1.165) is 38.8 Å². The molecule has 0 aliphatic carbocycles. The van der Waals surface area contributed by atoms with E-state index >= 15 is 0 Å². The number of hydrogen-bond donors (Lipinski definition) is 0. The summed E-state index contributed by atoms with van der Waals surface area (Å²) >= 11 is 6.76. The van der Waals surface area contributed by atoms with E-state index < -0.39 is 0 Å². The first kappa shape index (κ1) is 23.0. The summed E-state index contributed by atoms with van der Waals surface area (Å²) in [6, 6.07) is 5.55. The van der Waals surface area contributed by atoms with Gasteiger partial charge in [0.1, 0.15) is 15.8 Å². The van der Waals surface area contributed by atoms with E-state index in [9.17, 15) is 9.59 Å². The Morgan fingerprint density at radius 2 is 1.94 bits per heavy atom. The lowest BCUT2D eigenvalue weighted by Crippen LogP contribution is -2.40. The van der Waals surface area contributed by atoms with Crippen molar-refractivity contribution in [3.63, 3.8) is 0 Å². The normalized spacial score (nSPS) is 23.0. The Morgan fingerprint density at radius 1 is 1.19 bits per heavy atom. The topological polar surface area (TPSA) is 57.9 Å². The number of anilines is 1. The summed E-state index contributed by atoms with van der Waals surface area (Å²) in [6.07, 6.45) is 7.66. The number of carbonyl (C=O) groups excluding carboxylic acids is 1. The largest absolute Gasteiger partial charge is 0.355 e. The van der Waals surface area contributed by atoms with Gasteiger partial charge in [-0.1, -0.05) is 63.7 Å². The highest BCUT2D eigenvalue weighted by Gasteiger charge is 2.33. The van der Waals surface area contributed by atoms with Crippen LogP contribution in [0, 0.1) is 11.8 Å². The molecule has 2 saturated heterocycles. The molecule has 32 heavy (non-hydrogen) atoms. The number of nitrogens with zero attached hydrogens (tertiary/aromatic N) is 4. The van der Waals surface area contributed by atoms with E-state index in [0.29, 0.717) is 44.6 Å². The second-order valence-corrected chi connectivity index (χ2v) is 10.7. The van der Waals surface area contributed by atoms with Crippen LogP contribution in [0.3, 0.4) is 0 Å². The van der Waals surface area contributed by atoms with Crippen LogP contribution in [0.15, 0.2) is 34.1 Å². The van der Waals surface area contributed by atoms with Gasteiger partial charge in [0.05, 0.1) is 10.5 Å². The molecular weight excluding hydrogens is 440 g/mol. The molecule has 4 rings (SSSR count). The van der Waals surface area contributed by atoms with Crippen LogP contribution in [0.4, 0.5) is 5.82 Å². The summed E-state index contributed by atoms with van der Waals surface area (Å²) in [6.45, 7) is 8.92. The molecule has 2 atom stereocenters. The number of aromatic nitrogens is 2. The highest BCUT2D eigenvalue weighted by molar-refractivity contribution is 8.26. The Kier molecular flexibility index (Phi) is 7.00. The monoisotopic (exact) mass is 470 g/mol. The summed E-state index contributed by atoms with van der Waals surface area (Å²) in [5.41, 5.74) is 0.916. The van der Waals surface area contributed by atoms with Crippen molar-refractivity contribution in [3.8, 4) is 0 Å². The molecule has 6 nitrogen and oxygen atoms in total. The number of unbranched alkanes of at least 4 members (excludes halogenated alkanes) is 2. The lowest BCUT2D eigenvalue weighted by molar-refractivity contribution is -0.122. The predicted molar refractivity (Wildman–Crippen MR) is 136 cm³/mol. The molecule has 0 radical (unpaired) electrons. The maximum atomic E-state index is 13.5. The van der Waals surface area contributed by atoms with Gasteiger partial charge in [-0.25, -0.2) is 4.98 Å². The molecule has 0 aromatic carbocycles. The van der Waals surface area contributed by atoms with E-state index in [1.807, 2.05) is 18.2 Å². The second kappa shape index (κ2) is 9.75.